The summed E-state index contributed by atoms with van der Waals surface area (Å²) >= 11 is 5.93. The number of aromatic amines is 1. The van der Waals surface area contributed by atoms with E-state index in [9.17, 15) is 9.59 Å². The van der Waals surface area contributed by atoms with Crippen LogP contribution in [-0.4, -0.2) is 28.4 Å². The third kappa shape index (κ3) is 2.22. The number of amides is 1. The van der Waals surface area contributed by atoms with Crippen molar-refractivity contribution in [3.8, 4) is 0 Å². The van der Waals surface area contributed by atoms with Gasteiger partial charge in [0.2, 0.25) is 0 Å². The summed E-state index contributed by atoms with van der Waals surface area (Å²) in [4.78, 5) is 28.2. The van der Waals surface area contributed by atoms with Crippen LogP contribution in [0.2, 0.25) is 5.02 Å². The number of H-pyrrole nitrogens is 1. The van der Waals surface area contributed by atoms with Crippen molar-refractivity contribution in [3.05, 3.63) is 32.7 Å². The van der Waals surface area contributed by atoms with Crippen LogP contribution in [0.4, 0.5) is 0 Å². The molecular formula is C12H15ClN2O2. The molecule has 1 saturated heterocycles. The fourth-order valence-corrected chi connectivity index (χ4v) is 2.30. The highest BCUT2D eigenvalue weighted by Crippen LogP contribution is 2.20. The van der Waals surface area contributed by atoms with Gasteiger partial charge in [-0.15, -0.1) is 0 Å². The molecule has 17 heavy (non-hydrogen) atoms. The van der Waals surface area contributed by atoms with E-state index in [1.165, 1.54) is 6.07 Å². The molecular weight excluding hydrogens is 240 g/mol. The lowest BCUT2D eigenvalue weighted by atomic mass is 10.2. The van der Waals surface area contributed by atoms with Crippen LogP contribution in [0.3, 0.4) is 0 Å². The summed E-state index contributed by atoms with van der Waals surface area (Å²) in [6.07, 6.45) is 1.98. The van der Waals surface area contributed by atoms with Crippen LogP contribution < -0.4 is 5.56 Å². The molecule has 5 heteroatoms. The first-order valence-electron chi connectivity index (χ1n) is 5.71. The number of pyridine rings is 1. The minimum absolute atomic E-state index is 0.134. The highest BCUT2D eigenvalue weighted by molar-refractivity contribution is 6.31. The Kier molecular flexibility index (Phi) is 3.24. The summed E-state index contributed by atoms with van der Waals surface area (Å²) in [5, 5.41) is 0.416. The van der Waals surface area contributed by atoms with E-state index in [2.05, 4.69) is 4.98 Å². The van der Waals surface area contributed by atoms with Crippen LogP contribution in [-0.2, 0) is 0 Å². The van der Waals surface area contributed by atoms with Crippen molar-refractivity contribution < 1.29 is 4.79 Å². The van der Waals surface area contributed by atoms with Crippen molar-refractivity contribution in [1.82, 2.24) is 9.88 Å². The molecule has 1 atom stereocenters. The average molecular weight is 255 g/mol. The summed E-state index contributed by atoms with van der Waals surface area (Å²) in [6, 6.07) is 1.66. The van der Waals surface area contributed by atoms with Crippen LogP contribution in [0.25, 0.3) is 0 Å². The van der Waals surface area contributed by atoms with E-state index < -0.39 is 0 Å². The van der Waals surface area contributed by atoms with Gasteiger partial charge in [0.15, 0.2) is 0 Å². The lowest BCUT2D eigenvalue weighted by molar-refractivity contribution is 0.0745. The fourth-order valence-electron chi connectivity index (χ4n) is 2.15. The van der Waals surface area contributed by atoms with Crippen molar-refractivity contribution in [2.24, 2.45) is 0 Å². The number of carbonyl (C=O) groups excluding carboxylic acids is 1. The van der Waals surface area contributed by atoms with E-state index in [1.54, 1.807) is 11.8 Å². The number of halogens is 1. The molecule has 1 aromatic heterocycles. The Balaban J connectivity index is 2.37. The van der Waals surface area contributed by atoms with Crippen LogP contribution in [0.1, 0.15) is 35.8 Å². The van der Waals surface area contributed by atoms with Gasteiger partial charge >= 0.3 is 0 Å². The SMILES string of the molecule is Cc1[nH]c(=O)c(C(=O)N2CCC[C@H]2C)cc1Cl. The lowest BCUT2D eigenvalue weighted by Gasteiger charge is -2.21. The zero-order chi connectivity index (χ0) is 12.6. The number of aryl methyl sites for hydroxylation is 1. The third-order valence-corrected chi connectivity index (χ3v) is 3.61. The van der Waals surface area contributed by atoms with Gasteiger partial charge in [0, 0.05) is 18.3 Å². The Morgan fingerprint density at radius 2 is 2.29 bits per heavy atom. The Morgan fingerprint density at radius 3 is 2.88 bits per heavy atom. The van der Waals surface area contributed by atoms with E-state index in [0.29, 0.717) is 17.3 Å². The molecule has 1 aliphatic heterocycles. The molecule has 0 bridgehead atoms. The van der Waals surface area contributed by atoms with Crippen molar-refractivity contribution in [3.63, 3.8) is 0 Å². The van der Waals surface area contributed by atoms with Gasteiger partial charge in [-0.2, -0.15) is 0 Å². The van der Waals surface area contributed by atoms with E-state index in [-0.39, 0.29) is 23.1 Å². The van der Waals surface area contributed by atoms with E-state index >= 15 is 0 Å². The Hall–Kier alpha value is -1.29. The van der Waals surface area contributed by atoms with Crippen LogP contribution in [0, 0.1) is 6.92 Å². The zero-order valence-corrected chi connectivity index (χ0v) is 10.7. The number of hydrogen-bond acceptors (Lipinski definition) is 2. The molecule has 2 rings (SSSR count). The fraction of sp³-hybridized carbons (Fsp3) is 0.500. The molecule has 4 nitrogen and oxygen atoms in total. The van der Waals surface area contributed by atoms with E-state index in [4.69, 9.17) is 11.6 Å². The van der Waals surface area contributed by atoms with Crippen molar-refractivity contribution in [2.45, 2.75) is 32.7 Å². The number of rotatable bonds is 1. The van der Waals surface area contributed by atoms with E-state index in [0.717, 1.165) is 12.8 Å². The zero-order valence-electron chi connectivity index (χ0n) is 9.92. The van der Waals surface area contributed by atoms with Crippen LogP contribution >= 0.6 is 11.6 Å². The normalized spacial score (nSPS) is 19.7. The van der Waals surface area contributed by atoms with Crippen LogP contribution in [0.5, 0.6) is 0 Å². The standard InChI is InChI=1S/C12H15ClN2O2/c1-7-4-3-5-15(7)12(17)9-6-10(13)8(2)14-11(9)16/h6-7H,3-5H2,1-2H3,(H,14,16)/t7-/m1/s1. The summed E-state index contributed by atoms with van der Waals surface area (Å²) < 4.78 is 0. The molecule has 1 aliphatic rings. The smallest absolute Gasteiger partial charge is 0.261 e. The van der Waals surface area contributed by atoms with Crippen molar-refractivity contribution in [2.75, 3.05) is 6.54 Å². The van der Waals surface area contributed by atoms with Gasteiger partial charge in [-0.25, -0.2) is 0 Å². The van der Waals surface area contributed by atoms with Gasteiger partial charge in [-0.1, -0.05) is 11.6 Å². The van der Waals surface area contributed by atoms with Gasteiger partial charge in [0.25, 0.3) is 11.5 Å². The molecule has 0 saturated carbocycles. The molecule has 1 amide bonds. The predicted octanol–water partition coefficient (Wildman–Crippen LogP) is 1.96. The summed E-state index contributed by atoms with van der Waals surface area (Å²) in [5.74, 6) is -0.224. The predicted molar refractivity (Wildman–Crippen MR) is 66.5 cm³/mol. The van der Waals surface area contributed by atoms with Gasteiger partial charge in [0.1, 0.15) is 5.56 Å². The number of likely N-dealkylation sites (tertiary alicyclic amines) is 1. The first kappa shape index (κ1) is 12.2. The Morgan fingerprint density at radius 1 is 1.59 bits per heavy atom. The Bertz CT molecular complexity index is 510. The Labute approximate surface area is 105 Å². The largest absolute Gasteiger partial charge is 0.336 e. The number of nitrogens with zero attached hydrogens (tertiary/aromatic N) is 1. The van der Waals surface area contributed by atoms with E-state index in [1.807, 2.05) is 6.92 Å². The van der Waals surface area contributed by atoms with Gasteiger partial charge in [0.05, 0.1) is 5.02 Å². The number of carbonyl (C=O) groups is 1. The van der Waals surface area contributed by atoms with Crippen molar-refractivity contribution >= 4 is 17.5 Å². The molecule has 1 fully saturated rings. The quantitative estimate of drug-likeness (QED) is 0.833. The second kappa shape index (κ2) is 4.53. The maximum atomic E-state index is 12.2. The first-order valence-corrected chi connectivity index (χ1v) is 6.09. The molecule has 1 aromatic rings. The lowest BCUT2D eigenvalue weighted by Crippen LogP contribution is -2.37. The molecule has 2 heterocycles. The molecule has 0 aliphatic carbocycles. The molecule has 1 N–H and O–H groups in total. The molecule has 0 radical (unpaired) electrons. The molecule has 92 valence electrons. The molecule has 0 spiro atoms. The second-order valence-corrected chi connectivity index (χ2v) is 4.88. The van der Waals surface area contributed by atoms with Gasteiger partial charge < -0.3 is 9.88 Å². The maximum absolute atomic E-state index is 12.2. The molecule has 0 aromatic carbocycles. The summed E-state index contributed by atoms with van der Waals surface area (Å²) in [5.41, 5.74) is 0.355. The first-order chi connectivity index (χ1) is 8.00. The van der Waals surface area contributed by atoms with Crippen LogP contribution in [0.15, 0.2) is 10.9 Å². The van der Waals surface area contributed by atoms with Crippen molar-refractivity contribution in [1.29, 1.82) is 0 Å². The minimum Gasteiger partial charge on any atom is -0.336 e. The monoisotopic (exact) mass is 254 g/mol. The van der Waals surface area contributed by atoms with Gasteiger partial charge in [-0.3, -0.25) is 9.59 Å². The topological polar surface area (TPSA) is 53.2 Å². The van der Waals surface area contributed by atoms with Gasteiger partial charge in [-0.05, 0) is 32.8 Å². The minimum atomic E-state index is -0.365. The highest BCUT2D eigenvalue weighted by atomic mass is 35.5. The average Bonchev–Trinajstić information content (AvgIpc) is 2.69. The summed E-state index contributed by atoms with van der Waals surface area (Å²) in [7, 11) is 0. The number of aromatic nitrogens is 1. The second-order valence-electron chi connectivity index (χ2n) is 4.47. The maximum Gasteiger partial charge on any atom is 0.261 e. The third-order valence-electron chi connectivity index (χ3n) is 3.22. The number of hydrogen-bond donors (Lipinski definition) is 1. The number of nitrogens with one attached hydrogen (secondary N) is 1. The highest BCUT2D eigenvalue weighted by Gasteiger charge is 2.27. The molecule has 0 unspecified atom stereocenters. The summed E-state index contributed by atoms with van der Waals surface area (Å²) in [6.45, 7) is 4.41.